The molecule has 1 aromatic heterocycles. The fourth-order valence-electron chi connectivity index (χ4n) is 1.15. The maximum absolute atomic E-state index is 10.6. The summed E-state index contributed by atoms with van der Waals surface area (Å²) >= 11 is 3.17. The quantitative estimate of drug-likeness (QED) is 0.494. The lowest BCUT2D eigenvalue weighted by atomic mass is 10.3. The Morgan fingerprint density at radius 3 is 2.82 bits per heavy atom. The number of nitro benzene ring substituents is 1. The lowest BCUT2D eigenvalue weighted by Gasteiger charge is -2.03. The van der Waals surface area contributed by atoms with E-state index in [1.54, 1.807) is 18.2 Å². The Morgan fingerprint density at radius 1 is 1.29 bits per heavy atom. The molecule has 0 fully saturated rings. The molecule has 0 spiro atoms. The topological polar surface area (TPSA) is 78.2 Å². The molecule has 0 N–H and O–H groups in total. The number of halogens is 1. The molecular formula is C10H6BrN3O3. The third-order valence-electron chi connectivity index (χ3n) is 1.86. The third kappa shape index (κ3) is 2.97. The number of nitrogens with zero attached hydrogens (tertiary/aromatic N) is 3. The second-order valence-corrected chi connectivity index (χ2v) is 3.85. The lowest BCUT2D eigenvalue weighted by molar-refractivity contribution is -0.384. The molecule has 17 heavy (non-hydrogen) atoms. The summed E-state index contributed by atoms with van der Waals surface area (Å²) in [5, 5.41) is 10.6. The summed E-state index contributed by atoms with van der Waals surface area (Å²) < 4.78 is 5.94. The third-order valence-corrected chi connectivity index (χ3v) is 2.29. The van der Waals surface area contributed by atoms with Gasteiger partial charge in [0.1, 0.15) is 16.7 Å². The van der Waals surface area contributed by atoms with Crippen molar-refractivity contribution in [1.82, 2.24) is 9.97 Å². The molecule has 1 heterocycles. The molecule has 2 rings (SSSR count). The van der Waals surface area contributed by atoms with E-state index in [2.05, 4.69) is 25.9 Å². The van der Waals surface area contributed by atoms with Crippen molar-refractivity contribution < 1.29 is 9.66 Å². The van der Waals surface area contributed by atoms with Crippen LogP contribution in [0, 0.1) is 10.1 Å². The van der Waals surface area contributed by atoms with Crippen molar-refractivity contribution >= 4 is 21.6 Å². The molecule has 1 aromatic carbocycles. The van der Waals surface area contributed by atoms with Gasteiger partial charge in [0.15, 0.2) is 0 Å². The van der Waals surface area contributed by atoms with Gasteiger partial charge in [0.05, 0.1) is 11.0 Å². The Hall–Kier alpha value is -2.02. The second kappa shape index (κ2) is 4.88. The zero-order valence-electron chi connectivity index (χ0n) is 8.41. The summed E-state index contributed by atoms with van der Waals surface area (Å²) in [6.07, 6.45) is 1.33. The fourth-order valence-corrected chi connectivity index (χ4v) is 1.44. The predicted octanol–water partition coefficient (Wildman–Crippen LogP) is 2.94. The van der Waals surface area contributed by atoms with E-state index in [0.717, 1.165) is 0 Å². The molecule has 0 amide bonds. The summed E-state index contributed by atoms with van der Waals surface area (Å²) in [5.41, 5.74) is -0.0318. The first-order chi connectivity index (χ1) is 8.15. The molecule has 6 nitrogen and oxygen atoms in total. The van der Waals surface area contributed by atoms with Crippen molar-refractivity contribution in [2.45, 2.75) is 0 Å². The summed E-state index contributed by atoms with van der Waals surface area (Å²) in [5.74, 6) is 0.664. The average molecular weight is 296 g/mol. The molecule has 0 saturated heterocycles. The SMILES string of the molecule is O=[N+]([O-])c1cccc(Oc2cc(Br)ncn2)c1. The molecule has 0 atom stereocenters. The maximum atomic E-state index is 10.6. The van der Waals surface area contributed by atoms with Gasteiger partial charge in [0.2, 0.25) is 5.88 Å². The molecule has 0 bridgehead atoms. The van der Waals surface area contributed by atoms with Crippen LogP contribution in [0.1, 0.15) is 0 Å². The number of nitro groups is 1. The molecular weight excluding hydrogens is 290 g/mol. The van der Waals surface area contributed by atoms with Crippen LogP contribution in [0.3, 0.4) is 0 Å². The first-order valence-electron chi connectivity index (χ1n) is 4.55. The molecule has 0 saturated carbocycles. The molecule has 7 heteroatoms. The van der Waals surface area contributed by atoms with Crippen LogP contribution in [-0.4, -0.2) is 14.9 Å². The Labute approximate surface area is 105 Å². The molecule has 2 aromatic rings. The van der Waals surface area contributed by atoms with Crippen LogP contribution in [0.4, 0.5) is 5.69 Å². The molecule has 0 radical (unpaired) electrons. The minimum atomic E-state index is -0.483. The van der Waals surface area contributed by atoms with E-state index >= 15 is 0 Å². The van der Waals surface area contributed by atoms with Crippen LogP contribution in [-0.2, 0) is 0 Å². The Balaban J connectivity index is 2.24. The number of hydrogen-bond donors (Lipinski definition) is 0. The van der Waals surface area contributed by atoms with E-state index in [9.17, 15) is 10.1 Å². The van der Waals surface area contributed by atoms with Crippen LogP contribution >= 0.6 is 15.9 Å². The maximum Gasteiger partial charge on any atom is 0.273 e. The number of benzene rings is 1. The van der Waals surface area contributed by atoms with Crippen molar-refractivity contribution in [2.24, 2.45) is 0 Å². The van der Waals surface area contributed by atoms with Crippen molar-refractivity contribution in [3.8, 4) is 11.6 Å². The van der Waals surface area contributed by atoms with Crippen LogP contribution in [0.25, 0.3) is 0 Å². The van der Waals surface area contributed by atoms with Gasteiger partial charge in [-0.05, 0) is 22.0 Å². The highest BCUT2D eigenvalue weighted by molar-refractivity contribution is 9.10. The molecule has 0 aliphatic heterocycles. The van der Waals surface area contributed by atoms with E-state index in [4.69, 9.17) is 4.74 Å². The first kappa shape index (κ1) is 11.5. The van der Waals surface area contributed by atoms with Crippen LogP contribution in [0.5, 0.6) is 11.6 Å². The highest BCUT2D eigenvalue weighted by Crippen LogP contribution is 2.24. The molecule has 86 valence electrons. The Morgan fingerprint density at radius 2 is 2.12 bits per heavy atom. The zero-order valence-corrected chi connectivity index (χ0v) is 9.99. The molecule has 0 aliphatic rings. The second-order valence-electron chi connectivity index (χ2n) is 3.04. The van der Waals surface area contributed by atoms with Gasteiger partial charge in [-0.15, -0.1) is 0 Å². The van der Waals surface area contributed by atoms with Crippen molar-refractivity contribution in [3.63, 3.8) is 0 Å². The lowest BCUT2D eigenvalue weighted by Crippen LogP contribution is -1.91. The van der Waals surface area contributed by atoms with E-state index in [0.29, 0.717) is 16.2 Å². The van der Waals surface area contributed by atoms with Crippen molar-refractivity contribution in [2.75, 3.05) is 0 Å². The summed E-state index contributed by atoms with van der Waals surface area (Å²) in [6, 6.07) is 7.45. The number of aromatic nitrogens is 2. The van der Waals surface area contributed by atoms with Gasteiger partial charge in [0, 0.05) is 12.1 Å². The number of rotatable bonds is 3. The molecule has 0 unspecified atom stereocenters. The van der Waals surface area contributed by atoms with Gasteiger partial charge in [-0.1, -0.05) is 6.07 Å². The van der Waals surface area contributed by atoms with Gasteiger partial charge in [-0.2, -0.15) is 0 Å². The van der Waals surface area contributed by atoms with E-state index in [1.807, 2.05) is 0 Å². The first-order valence-corrected chi connectivity index (χ1v) is 5.34. The monoisotopic (exact) mass is 295 g/mol. The van der Waals surface area contributed by atoms with Gasteiger partial charge < -0.3 is 4.74 Å². The minimum absolute atomic E-state index is 0.0318. The van der Waals surface area contributed by atoms with Crippen LogP contribution in [0.15, 0.2) is 41.3 Å². The fraction of sp³-hybridized carbons (Fsp3) is 0. The minimum Gasteiger partial charge on any atom is -0.439 e. The standard InChI is InChI=1S/C10H6BrN3O3/c11-9-5-10(13-6-12-9)17-8-3-1-2-7(4-8)14(15)16/h1-6H. The van der Waals surface area contributed by atoms with Crippen molar-refractivity contribution in [3.05, 3.63) is 51.4 Å². The van der Waals surface area contributed by atoms with Gasteiger partial charge in [0.25, 0.3) is 5.69 Å². The van der Waals surface area contributed by atoms with Crippen LogP contribution < -0.4 is 4.74 Å². The average Bonchev–Trinajstić information content (AvgIpc) is 2.29. The number of ether oxygens (including phenoxy) is 1. The van der Waals surface area contributed by atoms with Gasteiger partial charge in [-0.25, -0.2) is 9.97 Å². The summed E-state index contributed by atoms with van der Waals surface area (Å²) in [7, 11) is 0. The summed E-state index contributed by atoms with van der Waals surface area (Å²) in [4.78, 5) is 17.8. The van der Waals surface area contributed by atoms with E-state index in [-0.39, 0.29) is 5.69 Å². The predicted molar refractivity (Wildman–Crippen MR) is 62.9 cm³/mol. The zero-order chi connectivity index (χ0) is 12.3. The molecule has 0 aliphatic carbocycles. The highest BCUT2D eigenvalue weighted by atomic mass is 79.9. The van der Waals surface area contributed by atoms with E-state index < -0.39 is 4.92 Å². The largest absolute Gasteiger partial charge is 0.439 e. The number of hydrogen-bond acceptors (Lipinski definition) is 5. The highest BCUT2D eigenvalue weighted by Gasteiger charge is 2.07. The van der Waals surface area contributed by atoms with E-state index in [1.165, 1.54) is 18.5 Å². The van der Waals surface area contributed by atoms with Crippen molar-refractivity contribution in [1.29, 1.82) is 0 Å². The van der Waals surface area contributed by atoms with Gasteiger partial charge in [-0.3, -0.25) is 10.1 Å². The Kier molecular flexibility index (Phi) is 3.29. The summed E-state index contributed by atoms with van der Waals surface area (Å²) in [6.45, 7) is 0. The Bertz CT molecular complexity index is 562. The van der Waals surface area contributed by atoms with Crippen LogP contribution in [0.2, 0.25) is 0 Å². The van der Waals surface area contributed by atoms with Gasteiger partial charge >= 0.3 is 0 Å². The smallest absolute Gasteiger partial charge is 0.273 e. The number of non-ortho nitro benzene ring substituents is 1. The normalized spacial score (nSPS) is 9.94.